The highest BCUT2D eigenvalue weighted by molar-refractivity contribution is 7.89. The monoisotopic (exact) mass is 257 g/mol. The fourth-order valence-electron chi connectivity index (χ4n) is 2.49. The Kier molecular flexibility index (Phi) is 3.53. The number of nitrogens with one attached hydrogen (secondary N) is 2. The molecule has 0 radical (unpaired) electrons. The first-order chi connectivity index (χ1) is 7.99. The molecule has 2 rings (SSSR count). The summed E-state index contributed by atoms with van der Waals surface area (Å²) in [5, 5.41) is 6.19. The molecule has 0 amide bonds. The standard InChI is InChI=1S/C11H19N3O2S/c1-8-3-4-11(9(2)5-8)14-17(15,16)10-6-12-13-7-10/h6-9,11,14H,3-5H2,1-2H3,(H,12,13). The summed E-state index contributed by atoms with van der Waals surface area (Å²) in [5.41, 5.74) is 0. The first kappa shape index (κ1) is 12.6. The van der Waals surface area contributed by atoms with E-state index in [0.717, 1.165) is 19.3 Å². The van der Waals surface area contributed by atoms with E-state index in [0.29, 0.717) is 11.8 Å². The summed E-state index contributed by atoms with van der Waals surface area (Å²) in [6, 6.07) is 0.0473. The first-order valence-electron chi connectivity index (χ1n) is 6.00. The summed E-state index contributed by atoms with van der Waals surface area (Å²) in [6.45, 7) is 4.33. The molecule has 0 aliphatic heterocycles. The number of hydrogen-bond acceptors (Lipinski definition) is 3. The lowest BCUT2D eigenvalue weighted by Crippen LogP contribution is -2.42. The van der Waals surface area contributed by atoms with Gasteiger partial charge in [0, 0.05) is 12.2 Å². The molecule has 3 unspecified atom stereocenters. The second kappa shape index (κ2) is 4.78. The van der Waals surface area contributed by atoms with Gasteiger partial charge in [-0.1, -0.05) is 13.8 Å². The number of nitrogens with zero attached hydrogens (tertiary/aromatic N) is 1. The predicted octanol–water partition coefficient (Wildman–Crippen LogP) is 1.51. The summed E-state index contributed by atoms with van der Waals surface area (Å²) in [4.78, 5) is 0.211. The summed E-state index contributed by atoms with van der Waals surface area (Å²) in [7, 11) is -3.41. The molecule has 1 saturated carbocycles. The lowest BCUT2D eigenvalue weighted by molar-refractivity contribution is 0.249. The van der Waals surface area contributed by atoms with Gasteiger partial charge < -0.3 is 0 Å². The van der Waals surface area contributed by atoms with E-state index in [9.17, 15) is 8.42 Å². The minimum absolute atomic E-state index is 0.0473. The molecule has 17 heavy (non-hydrogen) atoms. The number of rotatable bonds is 3. The van der Waals surface area contributed by atoms with Crippen LogP contribution in [0.1, 0.15) is 33.1 Å². The third-order valence-electron chi connectivity index (χ3n) is 3.52. The predicted molar refractivity (Wildman–Crippen MR) is 64.9 cm³/mol. The minimum atomic E-state index is -3.41. The maximum Gasteiger partial charge on any atom is 0.243 e. The molecule has 96 valence electrons. The zero-order valence-corrected chi connectivity index (χ0v) is 11.0. The van der Waals surface area contributed by atoms with Gasteiger partial charge in [0.2, 0.25) is 10.0 Å². The Hall–Kier alpha value is -0.880. The van der Waals surface area contributed by atoms with Gasteiger partial charge in [-0.3, -0.25) is 5.10 Å². The van der Waals surface area contributed by atoms with Crippen molar-refractivity contribution in [3.8, 4) is 0 Å². The fourth-order valence-corrected chi connectivity index (χ4v) is 3.78. The highest BCUT2D eigenvalue weighted by Crippen LogP contribution is 2.29. The highest BCUT2D eigenvalue weighted by atomic mass is 32.2. The van der Waals surface area contributed by atoms with Crippen LogP contribution in [0.25, 0.3) is 0 Å². The van der Waals surface area contributed by atoms with Crippen LogP contribution in [0, 0.1) is 11.8 Å². The third kappa shape index (κ3) is 2.87. The second-order valence-electron chi connectivity index (χ2n) is 5.06. The van der Waals surface area contributed by atoms with Gasteiger partial charge in [-0.25, -0.2) is 13.1 Å². The van der Waals surface area contributed by atoms with E-state index >= 15 is 0 Å². The Morgan fingerprint density at radius 2 is 2.18 bits per heavy atom. The highest BCUT2D eigenvalue weighted by Gasteiger charge is 2.29. The molecular weight excluding hydrogens is 238 g/mol. The average molecular weight is 257 g/mol. The van der Waals surface area contributed by atoms with Crippen LogP contribution in [-0.2, 0) is 10.0 Å². The van der Waals surface area contributed by atoms with E-state index in [1.54, 1.807) is 0 Å². The lowest BCUT2D eigenvalue weighted by atomic mass is 9.80. The van der Waals surface area contributed by atoms with Crippen LogP contribution in [0.15, 0.2) is 17.3 Å². The molecule has 5 nitrogen and oxygen atoms in total. The molecule has 2 N–H and O–H groups in total. The van der Waals surface area contributed by atoms with Gasteiger partial charge in [-0.2, -0.15) is 5.10 Å². The zero-order valence-electron chi connectivity index (χ0n) is 10.2. The lowest BCUT2D eigenvalue weighted by Gasteiger charge is -2.32. The molecule has 0 bridgehead atoms. The van der Waals surface area contributed by atoms with E-state index < -0.39 is 10.0 Å². The molecule has 1 aliphatic carbocycles. The van der Waals surface area contributed by atoms with Crippen molar-refractivity contribution >= 4 is 10.0 Å². The Morgan fingerprint density at radius 1 is 1.41 bits per heavy atom. The van der Waals surface area contributed by atoms with Gasteiger partial charge in [0.15, 0.2) is 0 Å². The number of aromatic amines is 1. The van der Waals surface area contributed by atoms with Crippen LogP contribution in [0.2, 0.25) is 0 Å². The molecule has 0 aromatic carbocycles. The Morgan fingerprint density at radius 3 is 2.76 bits per heavy atom. The Balaban J connectivity index is 2.06. The molecule has 1 aromatic heterocycles. The van der Waals surface area contributed by atoms with Crippen molar-refractivity contribution in [2.75, 3.05) is 0 Å². The maximum atomic E-state index is 12.0. The number of aromatic nitrogens is 2. The van der Waals surface area contributed by atoms with E-state index in [1.165, 1.54) is 12.4 Å². The quantitative estimate of drug-likeness (QED) is 0.862. The molecule has 0 saturated heterocycles. The number of H-pyrrole nitrogens is 1. The summed E-state index contributed by atoms with van der Waals surface area (Å²) in [5.74, 6) is 1.08. The smallest absolute Gasteiger partial charge is 0.243 e. The summed E-state index contributed by atoms with van der Waals surface area (Å²) >= 11 is 0. The largest absolute Gasteiger partial charge is 0.284 e. The molecule has 1 aromatic rings. The summed E-state index contributed by atoms with van der Waals surface area (Å²) < 4.78 is 26.8. The van der Waals surface area contributed by atoms with Crippen LogP contribution in [0.5, 0.6) is 0 Å². The normalized spacial score (nSPS) is 30.4. The fraction of sp³-hybridized carbons (Fsp3) is 0.727. The molecule has 1 aliphatic rings. The minimum Gasteiger partial charge on any atom is -0.284 e. The van der Waals surface area contributed by atoms with E-state index in [1.807, 2.05) is 0 Å². The zero-order chi connectivity index (χ0) is 12.5. The van der Waals surface area contributed by atoms with Crippen molar-refractivity contribution in [1.82, 2.24) is 14.9 Å². The van der Waals surface area contributed by atoms with E-state index in [-0.39, 0.29) is 10.9 Å². The number of hydrogen-bond donors (Lipinski definition) is 2. The molecule has 1 heterocycles. The van der Waals surface area contributed by atoms with Gasteiger partial charge in [-0.05, 0) is 31.1 Å². The molecule has 1 fully saturated rings. The van der Waals surface area contributed by atoms with Crippen LogP contribution in [0.4, 0.5) is 0 Å². The van der Waals surface area contributed by atoms with Crippen LogP contribution >= 0.6 is 0 Å². The van der Waals surface area contributed by atoms with Crippen molar-refractivity contribution in [1.29, 1.82) is 0 Å². The summed E-state index contributed by atoms with van der Waals surface area (Å²) in [6.07, 6.45) is 5.82. The molecular formula is C11H19N3O2S. The second-order valence-corrected chi connectivity index (χ2v) is 6.77. The van der Waals surface area contributed by atoms with Crippen molar-refractivity contribution in [3.63, 3.8) is 0 Å². The van der Waals surface area contributed by atoms with E-state index in [2.05, 4.69) is 28.8 Å². The molecule has 3 atom stereocenters. The van der Waals surface area contributed by atoms with Gasteiger partial charge in [0.05, 0.1) is 6.20 Å². The Bertz CT molecular complexity index is 455. The molecule has 6 heteroatoms. The van der Waals surface area contributed by atoms with Crippen LogP contribution in [-0.4, -0.2) is 24.7 Å². The third-order valence-corrected chi connectivity index (χ3v) is 4.98. The van der Waals surface area contributed by atoms with Crippen molar-refractivity contribution < 1.29 is 8.42 Å². The van der Waals surface area contributed by atoms with Crippen molar-refractivity contribution in [2.45, 2.75) is 44.0 Å². The van der Waals surface area contributed by atoms with Gasteiger partial charge >= 0.3 is 0 Å². The van der Waals surface area contributed by atoms with Crippen molar-refractivity contribution in [2.24, 2.45) is 11.8 Å². The number of sulfonamides is 1. The topological polar surface area (TPSA) is 74.8 Å². The maximum absolute atomic E-state index is 12.0. The van der Waals surface area contributed by atoms with Gasteiger partial charge in [0.1, 0.15) is 4.90 Å². The van der Waals surface area contributed by atoms with E-state index in [4.69, 9.17) is 0 Å². The van der Waals surface area contributed by atoms with Gasteiger partial charge in [0.25, 0.3) is 0 Å². The molecule has 0 spiro atoms. The van der Waals surface area contributed by atoms with Gasteiger partial charge in [-0.15, -0.1) is 0 Å². The van der Waals surface area contributed by atoms with Crippen molar-refractivity contribution in [3.05, 3.63) is 12.4 Å². The average Bonchev–Trinajstić information content (AvgIpc) is 2.76. The SMILES string of the molecule is CC1CCC(NS(=O)(=O)c2cn[nH]c2)C(C)C1. The Labute approximate surface area is 102 Å². The van der Waals surface area contributed by atoms with Crippen LogP contribution < -0.4 is 4.72 Å². The first-order valence-corrected chi connectivity index (χ1v) is 7.48. The van der Waals surface area contributed by atoms with Crippen LogP contribution in [0.3, 0.4) is 0 Å².